The summed E-state index contributed by atoms with van der Waals surface area (Å²) in [6.07, 6.45) is 0. The van der Waals surface area contributed by atoms with Crippen LogP contribution in [0.25, 0.3) is 0 Å². The highest BCUT2D eigenvalue weighted by molar-refractivity contribution is 6.00. The molecule has 1 aliphatic heterocycles. The second-order valence-corrected chi connectivity index (χ2v) is 3.03. The van der Waals surface area contributed by atoms with Crippen LogP contribution >= 0.6 is 0 Å². The number of halogens is 1. The average Bonchev–Trinajstić information content (AvgIpc) is 2.16. The molecule has 2 N–H and O–H groups in total. The first-order chi connectivity index (χ1) is 7.16. The van der Waals surface area contributed by atoms with Crippen LogP contribution < -0.4 is 15.8 Å². The van der Waals surface area contributed by atoms with Crippen molar-refractivity contribution >= 4 is 17.6 Å². The van der Waals surface area contributed by atoms with Crippen LogP contribution in [0.4, 0.5) is 14.9 Å². The van der Waals surface area contributed by atoms with Crippen LogP contribution in [-0.2, 0) is 4.79 Å². The van der Waals surface area contributed by atoms with Gasteiger partial charge in [-0.3, -0.25) is 15.1 Å². The normalized spacial score (nSPS) is 15.9. The molecule has 78 valence electrons. The molecule has 0 radical (unpaired) electrons. The van der Waals surface area contributed by atoms with Crippen molar-refractivity contribution in [2.75, 3.05) is 11.6 Å². The molecule has 1 aromatic carbocycles. The Kier molecular flexibility index (Phi) is 2.24. The lowest BCUT2D eigenvalue weighted by Gasteiger charge is -2.28. The molecule has 1 aromatic rings. The van der Waals surface area contributed by atoms with Gasteiger partial charge in [0, 0.05) is 0 Å². The maximum atomic E-state index is 13.3. The number of rotatable bonds is 1. The first kappa shape index (κ1) is 9.45. The summed E-state index contributed by atoms with van der Waals surface area (Å²) >= 11 is 0. The molecule has 0 unspecified atom stereocenters. The minimum Gasteiger partial charge on any atom is -0.275 e. The number of para-hydroxylation sites is 1. The molecule has 0 spiro atoms. The van der Waals surface area contributed by atoms with E-state index in [1.54, 1.807) is 6.07 Å². The summed E-state index contributed by atoms with van der Waals surface area (Å²) in [5, 5.41) is 3.21. The van der Waals surface area contributed by atoms with Crippen LogP contribution in [-0.4, -0.2) is 18.5 Å². The Morgan fingerprint density at radius 2 is 2.00 bits per heavy atom. The van der Waals surface area contributed by atoms with Gasteiger partial charge in [0.1, 0.15) is 12.4 Å². The van der Waals surface area contributed by atoms with Gasteiger partial charge < -0.3 is 0 Å². The molecule has 0 aliphatic carbocycles. The maximum Gasteiger partial charge on any atom is 0.340 e. The van der Waals surface area contributed by atoms with E-state index in [9.17, 15) is 14.0 Å². The minimum absolute atomic E-state index is 0.104. The van der Waals surface area contributed by atoms with Crippen LogP contribution in [0.2, 0.25) is 0 Å². The van der Waals surface area contributed by atoms with Crippen LogP contribution in [0, 0.1) is 5.82 Å². The third kappa shape index (κ3) is 1.88. The fraction of sp³-hybridized carbons (Fsp3) is 0.111. The summed E-state index contributed by atoms with van der Waals surface area (Å²) in [7, 11) is 0. The average molecular weight is 209 g/mol. The van der Waals surface area contributed by atoms with Crippen LogP contribution in [0.5, 0.6) is 0 Å². The molecule has 1 heterocycles. The number of nitrogens with zero attached hydrogens (tertiary/aromatic N) is 1. The Balaban J connectivity index is 2.27. The molecule has 1 fully saturated rings. The number of imide groups is 1. The van der Waals surface area contributed by atoms with Crippen molar-refractivity contribution in [1.29, 1.82) is 0 Å². The van der Waals surface area contributed by atoms with E-state index in [1.165, 1.54) is 18.2 Å². The van der Waals surface area contributed by atoms with E-state index in [-0.39, 0.29) is 12.2 Å². The van der Waals surface area contributed by atoms with Crippen molar-refractivity contribution < 1.29 is 14.0 Å². The molecule has 6 heteroatoms. The summed E-state index contributed by atoms with van der Waals surface area (Å²) in [5.74, 6) is -0.963. The van der Waals surface area contributed by atoms with Gasteiger partial charge >= 0.3 is 6.03 Å². The minimum atomic E-state index is -0.658. The van der Waals surface area contributed by atoms with Gasteiger partial charge in [0.25, 0.3) is 0 Å². The Morgan fingerprint density at radius 1 is 1.27 bits per heavy atom. The highest BCUT2D eigenvalue weighted by atomic mass is 19.1. The fourth-order valence-corrected chi connectivity index (χ4v) is 1.32. The van der Waals surface area contributed by atoms with Crippen molar-refractivity contribution in [3.63, 3.8) is 0 Å². The van der Waals surface area contributed by atoms with E-state index in [4.69, 9.17) is 0 Å². The van der Waals surface area contributed by atoms with Gasteiger partial charge in [-0.2, -0.15) is 0 Å². The third-order valence-corrected chi connectivity index (χ3v) is 1.93. The molecule has 5 nitrogen and oxygen atoms in total. The molecule has 0 aromatic heterocycles. The third-order valence-electron chi connectivity index (χ3n) is 1.93. The second-order valence-electron chi connectivity index (χ2n) is 3.03. The first-order valence-corrected chi connectivity index (χ1v) is 4.29. The summed E-state index contributed by atoms with van der Waals surface area (Å²) in [6.45, 7) is -0.104. The molecule has 3 amide bonds. The standard InChI is InChI=1S/C9H8FN3O2/c10-6-3-1-2-4-7(6)13-5-8(14)11-9(15)12-13/h1-4H,5H2,(H2,11,12,14,15). The van der Waals surface area contributed by atoms with Crippen molar-refractivity contribution in [2.24, 2.45) is 0 Å². The number of urea groups is 1. The Bertz CT molecular complexity index is 406. The Morgan fingerprint density at radius 3 is 2.67 bits per heavy atom. The zero-order chi connectivity index (χ0) is 10.8. The first-order valence-electron chi connectivity index (χ1n) is 4.29. The van der Waals surface area contributed by atoms with Gasteiger partial charge in [-0.25, -0.2) is 14.6 Å². The molecule has 0 bridgehead atoms. The van der Waals surface area contributed by atoms with Crippen molar-refractivity contribution in [2.45, 2.75) is 0 Å². The number of nitrogens with one attached hydrogen (secondary N) is 2. The smallest absolute Gasteiger partial charge is 0.275 e. The largest absolute Gasteiger partial charge is 0.340 e. The molecule has 15 heavy (non-hydrogen) atoms. The summed E-state index contributed by atoms with van der Waals surface area (Å²) in [6, 6.07) is 5.23. The number of hydrazine groups is 1. The number of carbonyl (C=O) groups is 2. The lowest BCUT2D eigenvalue weighted by Crippen LogP contribution is -2.59. The quantitative estimate of drug-likeness (QED) is 0.703. The van der Waals surface area contributed by atoms with Crippen molar-refractivity contribution in [1.82, 2.24) is 10.7 Å². The van der Waals surface area contributed by atoms with Crippen molar-refractivity contribution in [3.05, 3.63) is 30.1 Å². The van der Waals surface area contributed by atoms with E-state index >= 15 is 0 Å². The van der Waals surface area contributed by atoms with E-state index in [0.717, 1.165) is 5.01 Å². The summed E-state index contributed by atoms with van der Waals surface area (Å²) in [5.41, 5.74) is 2.49. The number of carbonyl (C=O) groups excluding carboxylic acids is 2. The predicted octanol–water partition coefficient (Wildman–Crippen LogP) is 0.386. The van der Waals surface area contributed by atoms with E-state index < -0.39 is 17.8 Å². The van der Waals surface area contributed by atoms with Gasteiger partial charge in [0.2, 0.25) is 5.91 Å². The number of anilines is 1. The van der Waals surface area contributed by atoms with Gasteiger partial charge in [-0.05, 0) is 12.1 Å². The fourth-order valence-electron chi connectivity index (χ4n) is 1.32. The maximum absolute atomic E-state index is 13.3. The molecular formula is C9H8FN3O2. The number of hydrogen-bond acceptors (Lipinski definition) is 3. The van der Waals surface area contributed by atoms with E-state index in [2.05, 4.69) is 5.43 Å². The monoisotopic (exact) mass is 209 g/mol. The van der Waals surface area contributed by atoms with Gasteiger partial charge in [0.05, 0.1) is 5.69 Å². The number of hydrogen-bond donors (Lipinski definition) is 2. The second kappa shape index (κ2) is 3.56. The van der Waals surface area contributed by atoms with Crippen LogP contribution in [0.15, 0.2) is 24.3 Å². The molecule has 0 saturated carbocycles. The Labute approximate surface area is 84.8 Å². The highest BCUT2D eigenvalue weighted by Crippen LogP contribution is 2.17. The lowest BCUT2D eigenvalue weighted by molar-refractivity contribution is -0.119. The van der Waals surface area contributed by atoms with Gasteiger partial charge in [-0.1, -0.05) is 12.1 Å². The van der Waals surface area contributed by atoms with Crippen LogP contribution in [0.3, 0.4) is 0 Å². The topological polar surface area (TPSA) is 61.4 Å². The van der Waals surface area contributed by atoms with Crippen LogP contribution in [0.1, 0.15) is 0 Å². The SMILES string of the molecule is O=C1CN(c2ccccc2F)NC(=O)N1. The van der Waals surface area contributed by atoms with Gasteiger partial charge in [-0.15, -0.1) is 0 Å². The van der Waals surface area contributed by atoms with E-state index in [0.29, 0.717) is 0 Å². The lowest BCUT2D eigenvalue weighted by atomic mass is 10.3. The number of benzene rings is 1. The number of amides is 3. The van der Waals surface area contributed by atoms with Crippen molar-refractivity contribution in [3.8, 4) is 0 Å². The summed E-state index contributed by atoms with van der Waals surface area (Å²) < 4.78 is 13.3. The molecule has 1 aliphatic rings. The predicted molar refractivity (Wildman–Crippen MR) is 50.4 cm³/mol. The zero-order valence-electron chi connectivity index (χ0n) is 7.66. The Hall–Kier alpha value is -2.11. The molecule has 0 atom stereocenters. The van der Waals surface area contributed by atoms with E-state index in [1.807, 2.05) is 5.32 Å². The summed E-state index contributed by atoms with van der Waals surface area (Å²) in [4.78, 5) is 22.0. The molecular weight excluding hydrogens is 201 g/mol. The molecule has 2 rings (SSSR count). The molecule has 1 saturated heterocycles. The highest BCUT2D eigenvalue weighted by Gasteiger charge is 2.23. The zero-order valence-corrected chi connectivity index (χ0v) is 7.66. The van der Waals surface area contributed by atoms with Gasteiger partial charge in [0.15, 0.2) is 0 Å².